The van der Waals surface area contributed by atoms with Crippen molar-refractivity contribution in [2.45, 2.75) is 5.92 Å². The lowest BCUT2D eigenvalue weighted by atomic mass is 10.2. The van der Waals surface area contributed by atoms with E-state index in [1.807, 2.05) is 0 Å². The Morgan fingerprint density at radius 3 is 2.59 bits per heavy atom. The molecule has 1 heterocycles. The van der Waals surface area contributed by atoms with E-state index in [0.29, 0.717) is 0 Å². The molecule has 0 aliphatic carbocycles. The van der Waals surface area contributed by atoms with Gasteiger partial charge in [0.05, 0.1) is 6.20 Å². The third-order valence-electron chi connectivity index (χ3n) is 2.59. The number of nitrogens with zero attached hydrogens (tertiary/aromatic N) is 2. The summed E-state index contributed by atoms with van der Waals surface area (Å²) in [7, 11) is 1.12. The summed E-state index contributed by atoms with van der Waals surface area (Å²) in [5.41, 5.74) is -1.29. The Hall–Kier alpha value is -2.61. The van der Waals surface area contributed by atoms with Gasteiger partial charge >= 0.3 is 11.9 Å². The zero-order valence-electron chi connectivity index (χ0n) is 11.5. The number of para-hydroxylation sites is 1. The summed E-state index contributed by atoms with van der Waals surface area (Å²) < 4.78 is 37.7. The molecule has 116 valence electrons. The van der Waals surface area contributed by atoms with E-state index in [0.717, 1.165) is 13.3 Å². The van der Waals surface area contributed by atoms with Gasteiger partial charge < -0.3 is 14.6 Å². The number of aromatic nitrogens is 2. The lowest BCUT2D eigenvalue weighted by Gasteiger charge is -2.17. The molecule has 0 radical (unpaired) electrons. The van der Waals surface area contributed by atoms with Crippen LogP contribution in [0.1, 0.15) is 16.2 Å². The molecule has 0 amide bonds. The van der Waals surface area contributed by atoms with Gasteiger partial charge in [0, 0.05) is 7.11 Å². The maximum Gasteiger partial charge on any atom is 0.356 e. The lowest BCUT2D eigenvalue weighted by molar-refractivity contribution is -0.0746. The number of benzene rings is 1. The van der Waals surface area contributed by atoms with Crippen LogP contribution in [0.3, 0.4) is 0 Å². The molecule has 22 heavy (non-hydrogen) atoms. The van der Waals surface area contributed by atoms with E-state index in [2.05, 4.69) is 14.7 Å². The number of ether oxygens (including phenoxy) is 2. The summed E-state index contributed by atoms with van der Waals surface area (Å²) in [6.07, 6.45) is 0.749. The molecule has 1 aromatic heterocycles. The van der Waals surface area contributed by atoms with Crippen LogP contribution in [0.4, 0.5) is 8.78 Å². The van der Waals surface area contributed by atoms with E-state index < -0.39 is 35.8 Å². The van der Waals surface area contributed by atoms with Crippen LogP contribution in [0.5, 0.6) is 11.6 Å². The summed E-state index contributed by atoms with van der Waals surface area (Å²) in [6.45, 7) is -0.931. The SMILES string of the molecule is COCC(F)(F)c1ncc(C(=O)O)nc1Oc1ccccc1. The third kappa shape index (κ3) is 3.53. The highest BCUT2D eigenvalue weighted by Crippen LogP contribution is 2.34. The van der Waals surface area contributed by atoms with Gasteiger partial charge in [-0.2, -0.15) is 8.78 Å². The zero-order valence-corrected chi connectivity index (χ0v) is 11.5. The van der Waals surface area contributed by atoms with Crippen molar-refractivity contribution in [1.82, 2.24) is 9.97 Å². The summed E-state index contributed by atoms with van der Waals surface area (Å²) >= 11 is 0. The van der Waals surface area contributed by atoms with Crippen molar-refractivity contribution in [2.75, 3.05) is 13.7 Å². The van der Waals surface area contributed by atoms with Crippen molar-refractivity contribution in [3.05, 3.63) is 47.9 Å². The lowest BCUT2D eigenvalue weighted by Crippen LogP contribution is -2.23. The fourth-order valence-electron chi connectivity index (χ4n) is 1.65. The number of rotatable bonds is 6. The van der Waals surface area contributed by atoms with Crippen LogP contribution in [0.25, 0.3) is 0 Å². The molecular formula is C14H12F2N2O4. The Morgan fingerprint density at radius 1 is 1.32 bits per heavy atom. The van der Waals surface area contributed by atoms with Gasteiger partial charge in [-0.15, -0.1) is 0 Å². The van der Waals surface area contributed by atoms with E-state index in [4.69, 9.17) is 9.84 Å². The van der Waals surface area contributed by atoms with Crippen LogP contribution in [0, 0.1) is 0 Å². The van der Waals surface area contributed by atoms with Gasteiger partial charge in [0.1, 0.15) is 12.4 Å². The number of hydrogen-bond donors (Lipinski definition) is 1. The quantitative estimate of drug-likeness (QED) is 0.883. The maximum atomic E-state index is 14.0. The van der Waals surface area contributed by atoms with Gasteiger partial charge in [0.2, 0.25) is 5.88 Å². The monoisotopic (exact) mass is 310 g/mol. The van der Waals surface area contributed by atoms with Crippen molar-refractivity contribution in [1.29, 1.82) is 0 Å². The van der Waals surface area contributed by atoms with Gasteiger partial charge in [0.15, 0.2) is 11.4 Å². The van der Waals surface area contributed by atoms with E-state index in [9.17, 15) is 13.6 Å². The number of halogens is 2. The minimum Gasteiger partial charge on any atom is -0.476 e. The van der Waals surface area contributed by atoms with Crippen molar-refractivity contribution >= 4 is 5.97 Å². The maximum absolute atomic E-state index is 14.0. The number of carboxylic acid groups (broad SMARTS) is 1. The molecule has 8 heteroatoms. The van der Waals surface area contributed by atoms with E-state index in [-0.39, 0.29) is 5.75 Å². The van der Waals surface area contributed by atoms with Gasteiger partial charge in [0.25, 0.3) is 0 Å². The number of carboxylic acids is 1. The summed E-state index contributed by atoms with van der Waals surface area (Å²) in [5, 5.41) is 8.90. The first-order chi connectivity index (χ1) is 10.4. The summed E-state index contributed by atoms with van der Waals surface area (Å²) in [4.78, 5) is 18.0. The van der Waals surface area contributed by atoms with Crippen molar-refractivity contribution in [3.63, 3.8) is 0 Å². The van der Waals surface area contributed by atoms with Crippen molar-refractivity contribution in [3.8, 4) is 11.6 Å². The van der Waals surface area contributed by atoms with Gasteiger partial charge in [-0.3, -0.25) is 0 Å². The molecule has 0 unspecified atom stereocenters. The summed E-state index contributed by atoms with van der Waals surface area (Å²) in [6, 6.07) is 8.03. The average Bonchev–Trinajstić information content (AvgIpc) is 2.48. The highest BCUT2D eigenvalue weighted by molar-refractivity contribution is 5.85. The standard InChI is InChI=1S/C14H12F2N2O4/c1-21-8-14(15,16)11-12(18-10(7-17-11)13(19)20)22-9-5-3-2-4-6-9/h2-7H,8H2,1H3,(H,19,20). The predicted octanol–water partition coefficient (Wildman–Crippen LogP) is 2.71. The van der Waals surface area contributed by atoms with Crippen LogP contribution in [-0.2, 0) is 10.7 Å². The molecule has 0 bridgehead atoms. The molecule has 2 aromatic rings. The number of methoxy groups -OCH3 is 1. The number of carbonyl (C=O) groups is 1. The van der Waals surface area contributed by atoms with Gasteiger partial charge in [-0.1, -0.05) is 18.2 Å². The molecule has 6 nitrogen and oxygen atoms in total. The third-order valence-corrected chi connectivity index (χ3v) is 2.59. The molecule has 0 spiro atoms. The van der Waals surface area contributed by atoms with E-state index >= 15 is 0 Å². The first-order valence-electron chi connectivity index (χ1n) is 6.14. The first-order valence-corrected chi connectivity index (χ1v) is 6.14. The van der Waals surface area contributed by atoms with Crippen molar-refractivity contribution in [2.24, 2.45) is 0 Å². The molecule has 1 N–H and O–H groups in total. The van der Waals surface area contributed by atoms with E-state index in [1.54, 1.807) is 18.2 Å². The summed E-state index contributed by atoms with van der Waals surface area (Å²) in [5.74, 6) is -5.21. The molecule has 0 aliphatic rings. The Kier molecular flexibility index (Phi) is 4.62. The fourth-order valence-corrected chi connectivity index (χ4v) is 1.65. The Bertz CT molecular complexity index is 665. The molecule has 0 atom stereocenters. The Morgan fingerprint density at radius 2 is 2.00 bits per heavy atom. The fraction of sp³-hybridized carbons (Fsp3) is 0.214. The normalized spacial score (nSPS) is 11.2. The topological polar surface area (TPSA) is 81.5 Å². The molecule has 2 rings (SSSR count). The minimum absolute atomic E-state index is 0.230. The van der Waals surface area contributed by atoms with Crippen LogP contribution >= 0.6 is 0 Å². The molecule has 0 saturated heterocycles. The second-order valence-electron chi connectivity index (χ2n) is 4.27. The molecular weight excluding hydrogens is 298 g/mol. The van der Waals surface area contributed by atoms with Crippen LogP contribution in [-0.4, -0.2) is 34.8 Å². The minimum atomic E-state index is -3.47. The van der Waals surface area contributed by atoms with Crippen molar-refractivity contribution < 1.29 is 28.2 Å². The molecule has 0 fully saturated rings. The number of aromatic carboxylic acids is 1. The average molecular weight is 310 g/mol. The van der Waals surface area contributed by atoms with Gasteiger partial charge in [-0.05, 0) is 12.1 Å². The highest BCUT2D eigenvalue weighted by atomic mass is 19.3. The van der Waals surface area contributed by atoms with E-state index in [1.165, 1.54) is 12.1 Å². The first kappa shape index (κ1) is 15.8. The second-order valence-corrected chi connectivity index (χ2v) is 4.27. The predicted molar refractivity (Wildman–Crippen MR) is 71.3 cm³/mol. The zero-order chi connectivity index (χ0) is 16.2. The second kappa shape index (κ2) is 6.44. The number of hydrogen-bond acceptors (Lipinski definition) is 5. The van der Waals surface area contributed by atoms with Crippen LogP contribution in [0.15, 0.2) is 36.5 Å². The Labute approximate surface area is 124 Å². The van der Waals surface area contributed by atoms with Crippen LogP contribution < -0.4 is 4.74 Å². The largest absolute Gasteiger partial charge is 0.476 e. The molecule has 0 saturated carbocycles. The highest BCUT2D eigenvalue weighted by Gasteiger charge is 2.38. The number of alkyl halides is 2. The Balaban J connectivity index is 2.47. The molecule has 0 aliphatic heterocycles. The van der Waals surface area contributed by atoms with Crippen LogP contribution in [0.2, 0.25) is 0 Å². The smallest absolute Gasteiger partial charge is 0.356 e. The molecule has 1 aromatic carbocycles. The van der Waals surface area contributed by atoms with Gasteiger partial charge in [-0.25, -0.2) is 14.8 Å².